The van der Waals surface area contributed by atoms with Crippen molar-refractivity contribution in [1.82, 2.24) is 10.4 Å². The number of amides is 2. The first-order valence-electron chi connectivity index (χ1n) is 4.71. The van der Waals surface area contributed by atoms with Crippen molar-refractivity contribution in [3.63, 3.8) is 0 Å². The molecule has 0 bridgehead atoms. The first kappa shape index (κ1) is 10.3. The van der Waals surface area contributed by atoms with Gasteiger partial charge in [-0.2, -0.15) is 0 Å². The van der Waals surface area contributed by atoms with Crippen LogP contribution in [0.2, 0.25) is 0 Å². The number of hydrogen-bond acceptors (Lipinski definition) is 2. The highest BCUT2D eigenvalue weighted by Gasteiger charge is 2.23. The van der Waals surface area contributed by atoms with Crippen molar-refractivity contribution in [1.29, 1.82) is 0 Å². The fourth-order valence-electron chi connectivity index (χ4n) is 1.69. The Morgan fingerprint density at radius 3 is 2.69 bits per heavy atom. The first-order chi connectivity index (χ1) is 6.13. The van der Waals surface area contributed by atoms with Gasteiger partial charge < -0.3 is 5.32 Å². The van der Waals surface area contributed by atoms with Crippen LogP contribution >= 0.6 is 0 Å². The van der Waals surface area contributed by atoms with Crippen LogP contribution in [0.3, 0.4) is 0 Å². The number of hydrogen-bond donors (Lipinski definition) is 1. The van der Waals surface area contributed by atoms with Gasteiger partial charge in [0.1, 0.15) is 0 Å². The quantitative estimate of drug-likeness (QED) is 0.662. The van der Waals surface area contributed by atoms with Gasteiger partial charge in [0.25, 0.3) is 0 Å². The molecule has 0 saturated heterocycles. The zero-order valence-electron chi connectivity index (χ0n) is 8.54. The predicted molar refractivity (Wildman–Crippen MR) is 50.1 cm³/mol. The largest absolute Gasteiger partial charge is 0.341 e. The third-order valence-electron chi connectivity index (χ3n) is 2.58. The summed E-state index contributed by atoms with van der Waals surface area (Å²) in [5.74, 6) is 0.734. The van der Waals surface area contributed by atoms with Gasteiger partial charge in [0.15, 0.2) is 0 Å². The van der Waals surface area contributed by atoms with Gasteiger partial charge in [0.05, 0.1) is 7.11 Å². The van der Waals surface area contributed by atoms with Crippen LogP contribution in [-0.2, 0) is 4.84 Å². The van der Waals surface area contributed by atoms with Crippen molar-refractivity contribution in [3.05, 3.63) is 0 Å². The highest BCUT2D eigenvalue weighted by atomic mass is 16.7. The highest BCUT2D eigenvalue weighted by molar-refractivity contribution is 5.73. The first-order valence-corrected chi connectivity index (χ1v) is 4.71. The van der Waals surface area contributed by atoms with E-state index in [-0.39, 0.29) is 6.03 Å². The van der Waals surface area contributed by atoms with E-state index in [1.807, 2.05) is 0 Å². The van der Waals surface area contributed by atoms with Crippen LogP contribution in [0.4, 0.5) is 4.79 Å². The van der Waals surface area contributed by atoms with Gasteiger partial charge in [-0.05, 0) is 25.2 Å². The Balaban J connectivity index is 2.28. The highest BCUT2D eigenvalue weighted by Crippen LogP contribution is 2.24. The fourth-order valence-corrected chi connectivity index (χ4v) is 1.69. The zero-order valence-corrected chi connectivity index (χ0v) is 8.54. The second-order valence-corrected chi connectivity index (χ2v) is 3.74. The lowest BCUT2D eigenvalue weighted by molar-refractivity contribution is -0.0655. The topological polar surface area (TPSA) is 41.6 Å². The Kier molecular flexibility index (Phi) is 3.54. The molecule has 4 heteroatoms. The minimum atomic E-state index is -0.151. The van der Waals surface area contributed by atoms with Crippen LogP contribution in [-0.4, -0.2) is 31.3 Å². The van der Waals surface area contributed by atoms with Crippen LogP contribution in [0, 0.1) is 5.92 Å². The second kappa shape index (κ2) is 4.46. The molecule has 0 aromatic carbocycles. The van der Waals surface area contributed by atoms with Crippen LogP contribution in [0.15, 0.2) is 0 Å². The summed E-state index contributed by atoms with van der Waals surface area (Å²) in [5, 5.41) is 4.13. The molecule has 1 N–H and O–H groups in total. The van der Waals surface area contributed by atoms with E-state index < -0.39 is 0 Å². The number of urea groups is 1. The Bertz CT molecular complexity index is 184. The van der Waals surface area contributed by atoms with E-state index in [0.29, 0.717) is 6.04 Å². The number of nitrogens with one attached hydrogen (secondary N) is 1. The predicted octanol–water partition coefficient (Wildman–Crippen LogP) is 1.38. The second-order valence-electron chi connectivity index (χ2n) is 3.74. The monoisotopic (exact) mass is 186 g/mol. The Labute approximate surface area is 79.2 Å². The molecule has 0 aliphatic heterocycles. The Morgan fingerprint density at radius 1 is 1.54 bits per heavy atom. The van der Waals surface area contributed by atoms with Crippen molar-refractivity contribution >= 4 is 6.03 Å². The van der Waals surface area contributed by atoms with Gasteiger partial charge in [-0.3, -0.25) is 4.84 Å². The number of carbonyl (C=O) groups excluding carboxylic acids is 1. The van der Waals surface area contributed by atoms with Crippen LogP contribution in [0.5, 0.6) is 0 Å². The molecule has 13 heavy (non-hydrogen) atoms. The van der Waals surface area contributed by atoms with E-state index in [1.165, 1.54) is 18.6 Å². The third kappa shape index (κ3) is 2.88. The third-order valence-corrected chi connectivity index (χ3v) is 2.58. The molecule has 1 saturated carbocycles. The average Bonchev–Trinajstić information content (AvgIpc) is 2.49. The SMILES string of the molecule is CON(C)C(=O)NC1CCC(C)C1. The standard InChI is InChI=1S/C9H18N2O2/c1-7-4-5-8(6-7)10-9(12)11(2)13-3/h7-8H,4-6H2,1-3H3,(H,10,12). The summed E-state index contributed by atoms with van der Waals surface area (Å²) in [6, 6.07) is 0.182. The van der Waals surface area contributed by atoms with Gasteiger partial charge in [-0.15, -0.1) is 0 Å². The molecule has 76 valence electrons. The molecule has 1 aliphatic carbocycles. The molecule has 0 aromatic rings. The maximum Gasteiger partial charge on any atom is 0.341 e. The number of hydroxylamine groups is 2. The van der Waals surface area contributed by atoms with Gasteiger partial charge >= 0.3 is 6.03 Å². The lowest BCUT2D eigenvalue weighted by Crippen LogP contribution is -2.41. The van der Waals surface area contributed by atoms with Crippen LogP contribution < -0.4 is 5.32 Å². The van der Waals surface area contributed by atoms with Crippen LogP contribution in [0.25, 0.3) is 0 Å². The van der Waals surface area contributed by atoms with E-state index in [2.05, 4.69) is 12.2 Å². The lowest BCUT2D eigenvalue weighted by Gasteiger charge is -2.18. The van der Waals surface area contributed by atoms with E-state index in [9.17, 15) is 4.79 Å². The lowest BCUT2D eigenvalue weighted by atomic mass is 10.1. The Morgan fingerprint density at radius 2 is 2.23 bits per heavy atom. The zero-order chi connectivity index (χ0) is 9.84. The summed E-state index contributed by atoms with van der Waals surface area (Å²) in [6.45, 7) is 2.21. The summed E-state index contributed by atoms with van der Waals surface area (Å²) in [6.07, 6.45) is 3.38. The molecule has 2 unspecified atom stereocenters. The fraction of sp³-hybridized carbons (Fsp3) is 0.889. The molecule has 0 heterocycles. The minimum Gasteiger partial charge on any atom is -0.333 e. The van der Waals surface area contributed by atoms with E-state index in [4.69, 9.17) is 4.84 Å². The van der Waals surface area contributed by atoms with Crippen molar-refractivity contribution in [3.8, 4) is 0 Å². The molecular weight excluding hydrogens is 168 g/mol. The van der Waals surface area contributed by atoms with E-state index in [1.54, 1.807) is 7.05 Å². The molecule has 2 atom stereocenters. The smallest absolute Gasteiger partial charge is 0.333 e. The summed E-state index contributed by atoms with van der Waals surface area (Å²) < 4.78 is 0. The molecule has 1 fully saturated rings. The molecule has 0 radical (unpaired) electrons. The number of carbonyl (C=O) groups is 1. The van der Waals surface area contributed by atoms with E-state index in [0.717, 1.165) is 18.8 Å². The maximum atomic E-state index is 11.3. The molecule has 0 spiro atoms. The summed E-state index contributed by atoms with van der Waals surface area (Å²) in [7, 11) is 3.09. The summed E-state index contributed by atoms with van der Waals surface area (Å²) >= 11 is 0. The minimum absolute atomic E-state index is 0.151. The van der Waals surface area contributed by atoms with Crippen molar-refractivity contribution in [2.45, 2.75) is 32.2 Å². The van der Waals surface area contributed by atoms with Crippen LogP contribution in [0.1, 0.15) is 26.2 Å². The average molecular weight is 186 g/mol. The molecule has 1 aliphatic rings. The summed E-state index contributed by atoms with van der Waals surface area (Å²) in [4.78, 5) is 16.1. The summed E-state index contributed by atoms with van der Waals surface area (Å²) in [5.41, 5.74) is 0. The Hall–Kier alpha value is -0.770. The molecular formula is C9H18N2O2. The van der Waals surface area contributed by atoms with E-state index >= 15 is 0 Å². The van der Waals surface area contributed by atoms with Gasteiger partial charge in [-0.25, -0.2) is 9.86 Å². The number of rotatable bonds is 2. The van der Waals surface area contributed by atoms with Gasteiger partial charge in [-0.1, -0.05) is 6.92 Å². The van der Waals surface area contributed by atoms with Crippen molar-refractivity contribution in [2.75, 3.05) is 14.2 Å². The van der Waals surface area contributed by atoms with Gasteiger partial charge in [0.2, 0.25) is 0 Å². The molecule has 2 amide bonds. The van der Waals surface area contributed by atoms with Gasteiger partial charge in [0, 0.05) is 13.1 Å². The molecule has 4 nitrogen and oxygen atoms in total. The van der Waals surface area contributed by atoms with Crippen molar-refractivity contribution < 1.29 is 9.63 Å². The van der Waals surface area contributed by atoms with Crippen molar-refractivity contribution in [2.24, 2.45) is 5.92 Å². The normalized spacial score (nSPS) is 27.3. The number of nitrogens with zero attached hydrogens (tertiary/aromatic N) is 1. The molecule has 0 aromatic heterocycles. The molecule has 1 rings (SSSR count). The maximum absolute atomic E-state index is 11.3.